The molecule has 0 bridgehead atoms. The average molecular weight is 258 g/mol. The molecule has 2 atom stereocenters. The fourth-order valence-corrected chi connectivity index (χ4v) is 1.36. The standard InChI is InChI=1S/C10H14N2O6/c1-2-18-6(14)3-5(13)8(15)7-9(16)11-4-12-10(7)17/h4-5,8,13,15H,2-3H2,1H3,(H2,11,12,16,17). The minimum atomic E-state index is -1.73. The molecule has 8 heteroatoms. The number of aromatic amines is 1. The summed E-state index contributed by atoms with van der Waals surface area (Å²) < 4.78 is 4.58. The van der Waals surface area contributed by atoms with Crippen LogP contribution in [0.15, 0.2) is 11.1 Å². The molecule has 0 aliphatic carbocycles. The lowest BCUT2D eigenvalue weighted by Crippen LogP contribution is -2.28. The number of rotatable bonds is 5. The molecule has 100 valence electrons. The fourth-order valence-electron chi connectivity index (χ4n) is 1.36. The Morgan fingerprint density at radius 2 is 2.22 bits per heavy atom. The van der Waals surface area contributed by atoms with Crippen LogP contribution in [0.4, 0.5) is 0 Å². The van der Waals surface area contributed by atoms with Crippen LogP contribution in [-0.2, 0) is 9.53 Å². The monoisotopic (exact) mass is 258 g/mol. The molecule has 0 aliphatic heterocycles. The van der Waals surface area contributed by atoms with Crippen molar-refractivity contribution >= 4 is 5.97 Å². The van der Waals surface area contributed by atoms with Gasteiger partial charge in [0.25, 0.3) is 5.56 Å². The highest BCUT2D eigenvalue weighted by atomic mass is 16.5. The van der Waals surface area contributed by atoms with Crippen LogP contribution in [-0.4, -0.2) is 44.0 Å². The summed E-state index contributed by atoms with van der Waals surface area (Å²) in [4.78, 5) is 28.0. The van der Waals surface area contributed by atoms with Gasteiger partial charge in [0.05, 0.1) is 25.5 Å². The molecular weight excluding hydrogens is 244 g/mol. The van der Waals surface area contributed by atoms with Gasteiger partial charge in [0.2, 0.25) is 5.88 Å². The molecule has 1 aromatic rings. The molecule has 18 heavy (non-hydrogen) atoms. The van der Waals surface area contributed by atoms with E-state index in [4.69, 9.17) is 0 Å². The molecule has 0 fully saturated rings. The molecule has 1 heterocycles. The maximum atomic E-state index is 11.4. The number of H-pyrrole nitrogens is 1. The van der Waals surface area contributed by atoms with Gasteiger partial charge in [-0.25, -0.2) is 4.98 Å². The summed E-state index contributed by atoms with van der Waals surface area (Å²) >= 11 is 0. The fraction of sp³-hybridized carbons (Fsp3) is 0.500. The highest BCUT2D eigenvalue weighted by Crippen LogP contribution is 2.21. The Hall–Kier alpha value is -1.93. The normalized spacial score (nSPS) is 13.9. The number of carbonyl (C=O) groups is 1. The minimum Gasteiger partial charge on any atom is -0.493 e. The highest BCUT2D eigenvalue weighted by Gasteiger charge is 2.27. The zero-order chi connectivity index (χ0) is 13.7. The Labute approximate surface area is 102 Å². The Morgan fingerprint density at radius 3 is 2.78 bits per heavy atom. The quantitative estimate of drug-likeness (QED) is 0.489. The van der Waals surface area contributed by atoms with Crippen LogP contribution < -0.4 is 5.56 Å². The van der Waals surface area contributed by atoms with Crippen LogP contribution in [0.3, 0.4) is 0 Å². The first-order chi connectivity index (χ1) is 8.47. The largest absolute Gasteiger partial charge is 0.493 e. The van der Waals surface area contributed by atoms with Crippen molar-refractivity contribution < 1.29 is 24.9 Å². The number of aliphatic hydroxyl groups excluding tert-OH is 2. The third-order valence-electron chi connectivity index (χ3n) is 2.21. The van der Waals surface area contributed by atoms with E-state index in [0.717, 1.165) is 6.33 Å². The minimum absolute atomic E-state index is 0.139. The van der Waals surface area contributed by atoms with E-state index in [0.29, 0.717) is 0 Å². The van der Waals surface area contributed by atoms with Crippen LogP contribution in [0.25, 0.3) is 0 Å². The van der Waals surface area contributed by atoms with Crippen molar-refractivity contribution in [3.63, 3.8) is 0 Å². The summed E-state index contributed by atoms with van der Waals surface area (Å²) in [7, 11) is 0. The van der Waals surface area contributed by atoms with Crippen LogP contribution >= 0.6 is 0 Å². The first kappa shape index (κ1) is 14.1. The smallest absolute Gasteiger partial charge is 0.308 e. The molecule has 0 saturated heterocycles. The zero-order valence-electron chi connectivity index (χ0n) is 9.66. The Balaban J connectivity index is 2.83. The second-order valence-corrected chi connectivity index (χ2v) is 3.49. The van der Waals surface area contributed by atoms with E-state index < -0.39 is 41.6 Å². The van der Waals surface area contributed by atoms with Gasteiger partial charge in [0.15, 0.2) is 0 Å². The molecule has 4 N–H and O–H groups in total. The number of hydrogen-bond acceptors (Lipinski definition) is 7. The van der Waals surface area contributed by atoms with Crippen LogP contribution in [0, 0.1) is 0 Å². The summed E-state index contributed by atoms with van der Waals surface area (Å²) in [6, 6.07) is 0. The number of hydrogen-bond donors (Lipinski definition) is 4. The van der Waals surface area contributed by atoms with Gasteiger partial charge in [0, 0.05) is 0 Å². The van der Waals surface area contributed by atoms with Crippen molar-refractivity contribution in [3.8, 4) is 5.88 Å². The summed E-state index contributed by atoms with van der Waals surface area (Å²) in [5.41, 5.74) is -1.28. The lowest BCUT2D eigenvalue weighted by atomic mass is 10.0. The van der Waals surface area contributed by atoms with Crippen molar-refractivity contribution in [1.82, 2.24) is 9.97 Å². The van der Waals surface area contributed by atoms with E-state index in [2.05, 4.69) is 14.7 Å². The van der Waals surface area contributed by atoms with Gasteiger partial charge in [-0.15, -0.1) is 0 Å². The Kier molecular flexibility index (Phi) is 4.81. The van der Waals surface area contributed by atoms with E-state index in [1.165, 1.54) is 0 Å². The van der Waals surface area contributed by atoms with Crippen molar-refractivity contribution in [2.45, 2.75) is 25.6 Å². The number of aromatic hydroxyl groups is 1. The van der Waals surface area contributed by atoms with Gasteiger partial charge in [0.1, 0.15) is 11.7 Å². The third-order valence-corrected chi connectivity index (χ3v) is 2.21. The second kappa shape index (κ2) is 6.12. The van der Waals surface area contributed by atoms with Crippen molar-refractivity contribution in [1.29, 1.82) is 0 Å². The van der Waals surface area contributed by atoms with Crippen molar-refractivity contribution in [3.05, 3.63) is 22.2 Å². The number of esters is 1. The first-order valence-electron chi connectivity index (χ1n) is 5.25. The predicted octanol–water partition coefficient (Wildman–Crippen LogP) is -1.18. The van der Waals surface area contributed by atoms with Gasteiger partial charge >= 0.3 is 5.97 Å². The number of ether oxygens (including phenoxy) is 1. The van der Waals surface area contributed by atoms with E-state index in [9.17, 15) is 24.9 Å². The molecule has 1 rings (SSSR count). The zero-order valence-corrected chi connectivity index (χ0v) is 9.66. The van der Waals surface area contributed by atoms with E-state index in [1.807, 2.05) is 0 Å². The van der Waals surface area contributed by atoms with Crippen molar-refractivity contribution in [2.75, 3.05) is 6.61 Å². The average Bonchev–Trinajstić information content (AvgIpc) is 2.28. The molecule has 0 radical (unpaired) electrons. The SMILES string of the molecule is CCOC(=O)CC(O)C(O)c1c(O)nc[nH]c1=O. The van der Waals surface area contributed by atoms with E-state index in [-0.39, 0.29) is 6.61 Å². The molecule has 0 amide bonds. The van der Waals surface area contributed by atoms with Crippen LogP contribution in [0.1, 0.15) is 25.0 Å². The maximum Gasteiger partial charge on any atom is 0.308 e. The van der Waals surface area contributed by atoms with E-state index in [1.54, 1.807) is 6.92 Å². The topological polar surface area (TPSA) is 133 Å². The Morgan fingerprint density at radius 1 is 1.56 bits per heavy atom. The number of carbonyl (C=O) groups excluding carboxylic acids is 1. The molecule has 8 nitrogen and oxygen atoms in total. The maximum absolute atomic E-state index is 11.4. The first-order valence-corrected chi connectivity index (χ1v) is 5.25. The number of nitrogens with one attached hydrogen (secondary N) is 1. The molecule has 2 unspecified atom stereocenters. The molecular formula is C10H14N2O6. The summed E-state index contributed by atoms with van der Waals surface area (Å²) in [6.07, 6.45) is -2.85. The number of aliphatic hydroxyl groups is 2. The van der Waals surface area contributed by atoms with Crippen molar-refractivity contribution in [2.24, 2.45) is 0 Å². The summed E-state index contributed by atoms with van der Waals surface area (Å²) in [6.45, 7) is 1.73. The molecule has 0 spiro atoms. The third kappa shape index (κ3) is 3.28. The highest BCUT2D eigenvalue weighted by molar-refractivity contribution is 5.70. The van der Waals surface area contributed by atoms with E-state index >= 15 is 0 Å². The lowest BCUT2D eigenvalue weighted by molar-refractivity contribution is -0.147. The van der Waals surface area contributed by atoms with Gasteiger partial charge < -0.3 is 25.0 Å². The van der Waals surface area contributed by atoms with Gasteiger partial charge in [-0.3, -0.25) is 9.59 Å². The lowest BCUT2D eigenvalue weighted by Gasteiger charge is -2.16. The number of aromatic nitrogens is 2. The van der Waals surface area contributed by atoms with Crippen LogP contribution in [0.2, 0.25) is 0 Å². The Bertz CT molecular complexity index is 472. The second-order valence-electron chi connectivity index (χ2n) is 3.49. The predicted molar refractivity (Wildman–Crippen MR) is 58.7 cm³/mol. The summed E-state index contributed by atoms with van der Waals surface area (Å²) in [5.74, 6) is -1.42. The molecule has 0 aromatic carbocycles. The van der Waals surface area contributed by atoms with Gasteiger partial charge in [-0.1, -0.05) is 0 Å². The molecule has 1 aromatic heterocycles. The summed E-state index contributed by atoms with van der Waals surface area (Å²) in [5, 5.41) is 28.6. The van der Waals surface area contributed by atoms with Crippen LogP contribution in [0.5, 0.6) is 5.88 Å². The van der Waals surface area contributed by atoms with Gasteiger partial charge in [-0.05, 0) is 6.92 Å². The molecule has 0 saturated carbocycles. The van der Waals surface area contributed by atoms with Gasteiger partial charge in [-0.2, -0.15) is 0 Å². The number of nitrogens with zero attached hydrogens (tertiary/aromatic N) is 1. The molecule has 0 aliphatic rings.